The van der Waals surface area contributed by atoms with Crippen molar-refractivity contribution in [1.82, 2.24) is 4.98 Å². The molecule has 0 fully saturated rings. The summed E-state index contributed by atoms with van der Waals surface area (Å²) in [5, 5.41) is 22.6. The van der Waals surface area contributed by atoms with Crippen molar-refractivity contribution in [3.05, 3.63) is 88.1 Å². The van der Waals surface area contributed by atoms with E-state index in [1.54, 1.807) is 18.3 Å². The molecule has 1 atom stereocenters. The SMILES string of the molecule is O=c1cc(CO)oc(C(Nc2ccccn2)c2ccccc2)c1O. The van der Waals surface area contributed by atoms with Crippen molar-refractivity contribution >= 4 is 5.82 Å². The third kappa shape index (κ3) is 3.28. The van der Waals surface area contributed by atoms with Crippen molar-refractivity contribution in [1.29, 1.82) is 0 Å². The number of aromatic nitrogens is 1. The van der Waals surface area contributed by atoms with Gasteiger partial charge in [0.1, 0.15) is 24.2 Å². The van der Waals surface area contributed by atoms with Gasteiger partial charge in [0.2, 0.25) is 11.2 Å². The molecule has 0 aliphatic heterocycles. The second-order valence-electron chi connectivity index (χ2n) is 5.15. The molecule has 24 heavy (non-hydrogen) atoms. The van der Waals surface area contributed by atoms with Crippen molar-refractivity contribution < 1.29 is 14.6 Å². The molecule has 2 aromatic heterocycles. The number of nitrogens with one attached hydrogen (secondary N) is 1. The van der Waals surface area contributed by atoms with E-state index >= 15 is 0 Å². The molecular formula is C18H16N2O4. The predicted molar refractivity (Wildman–Crippen MR) is 88.7 cm³/mol. The zero-order valence-electron chi connectivity index (χ0n) is 12.7. The first-order valence-electron chi connectivity index (χ1n) is 7.38. The monoisotopic (exact) mass is 324 g/mol. The van der Waals surface area contributed by atoms with Crippen LogP contribution in [-0.2, 0) is 6.61 Å². The molecule has 3 rings (SSSR count). The van der Waals surface area contributed by atoms with E-state index in [1.165, 1.54) is 0 Å². The number of rotatable bonds is 5. The van der Waals surface area contributed by atoms with Gasteiger partial charge in [-0.05, 0) is 17.7 Å². The summed E-state index contributed by atoms with van der Waals surface area (Å²) in [7, 11) is 0. The first-order valence-corrected chi connectivity index (χ1v) is 7.38. The fourth-order valence-corrected chi connectivity index (χ4v) is 2.37. The molecule has 0 aliphatic carbocycles. The quantitative estimate of drug-likeness (QED) is 0.667. The Bertz CT molecular complexity index is 863. The Balaban J connectivity index is 2.12. The summed E-state index contributed by atoms with van der Waals surface area (Å²) in [5.41, 5.74) is 0.167. The zero-order chi connectivity index (χ0) is 16.9. The first-order chi connectivity index (χ1) is 11.7. The van der Waals surface area contributed by atoms with E-state index in [9.17, 15) is 15.0 Å². The summed E-state index contributed by atoms with van der Waals surface area (Å²) in [6, 6.07) is 15.0. The Kier molecular flexibility index (Phi) is 4.58. The summed E-state index contributed by atoms with van der Waals surface area (Å²) in [4.78, 5) is 16.1. The predicted octanol–water partition coefficient (Wildman–Crippen LogP) is 2.43. The van der Waals surface area contributed by atoms with Gasteiger partial charge >= 0.3 is 0 Å². The molecule has 3 aromatic rings. The minimum absolute atomic E-state index is 0.0309. The van der Waals surface area contributed by atoms with Crippen LogP contribution in [0.2, 0.25) is 0 Å². The minimum Gasteiger partial charge on any atom is -0.502 e. The minimum atomic E-state index is -0.639. The van der Waals surface area contributed by atoms with Crippen LogP contribution in [0.4, 0.5) is 5.82 Å². The average molecular weight is 324 g/mol. The van der Waals surface area contributed by atoms with Gasteiger partial charge in [-0.3, -0.25) is 4.79 Å². The highest BCUT2D eigenvalue weighted by Crippen LogP contribution is 2.30. The molecule has 0 spiro atoms. The molecule has 6 nitrogen and oxygen atoms in total. The molecular weight excluding hydrogens is 308 g/mol. The van der Waals surface area contributed by atoms with Crippen molar-refractivity contribution in [3.63, 3.8) is 0 Å². The third-order valence-corrected chi connectivity index (χ3v) is 3.51. The number of hydrogen-bond donors (Lipinski definition) is 3. The number of hydrogen-bond acceptors (Lipinski definition) is 6. The van der Waals surface area contributed by atoms with Gasteiger partial charge in [0, 0.05) is 12.3 Å². The zero-order valence-corrected chi connectivity index (χ0v) is 12.7. The fourth-order valence-electron chi connectivity index (χ4n) is 2.37. The van der Waals surface area contributed by atoms with Crippen LogP contribution in [0, 0.1) is 0 Å². The van der Waals surface area contributed by atoms with E-state index in [2.05, 4.69) is 10.3 Å². The summed E-state index contributed by atoms with van der Waals surface area (Å²) >= 11 is 0. The maximum absolute atomic E-state index is 11.9. The van der Waals surface area contributed by atoms with Crippen LogP contribution in [0.1, 0.15) is 23.1 Å². The lowest BCUT2D eigenvalue weighted by Crippen LogP contribution is -2.16. The highest BCUT2D eigenvalue weighted by Gasteiger charge is 2.23. The highest BCUT2D eigenvalue weighted by molar-refractivity contribution is 5.45. The lowest BCUT2D eigenvalue weighted by Gasteiger charge is -2.20. The van der Waals surface area contributed by atoms with Crippen LogP contribution in [0.3, 0.4) is 0 Å². The normalized spacial score (nSPS) is 11.9. The van der Waals surface area contributed by atoms with E-state index in [1.807, 2.05) is 36.4 Å². The maximum atomic E-state index is 11.9. The molecule has 122 valence electrons. The van der Waals surface area contributed by atoms with Crippen LogP contribution in [0.25, 0.3) is 0 Å². The Morgan fingerprint density at radius 3 is 2.54 bits per heavy atom. The smallest absolute Gasteiger partial charge is 0.227 e. The Morgan fingerprint density at radius 2 is 1.88 bits per heavy atom. The molecule has 0 radical (unpaired) electrons. The second-order valence-corrected chi connectivity index (χ2v) is 5.15. The molecule has 0 saturated heterocycles. The Hall–Kier alpha value is -3.12. The summed E-state index contributed by atoms with van der Waals surface area (Å²) in [6.45, 7) is -0.437. The second kappa shape index (κ2) is 6.97. The lowest BCUT2D eigenvalue weighted by molar-refractivity contribution is 0.234. The van der Waals surface area contributed by atoms with Gasteiger partial charge in [-0.2, -0.15) is 0 Å². The topological polar surface area (TPSA) is 95.6 Å². The van der Waals surface area contributed by atoms with Gasteiger partial charge in [-0.15, -0.1) is 0 Å². The van der Waals surface area contributed by atoms with Gasteiger partial charge in [-0.1, -0.05) is 36.4 Å². The molecule has 3 N–H and O–H groups in total. The van der Waals surface area contributed by atoms with Crippen LogP contribution in [-0.4, -0.2) is 15.2 Å². The highest BCUT2D eigenvalue weighted by atomic mass is 16.4. The molecule has 1 unspecified atom stereocenters. The lowest BCUT2D eigenvalue weighted by atomic mass is 10.0. The number of nitrogens with zero attached hydrogens (tertiary/aromatic N) is 1. The molecule has 0 saturated carbocycles. The van der Waals surface area contributed by atoms with E-state index in [4.69, 9.17) is 4.42 Å². The van der Waals surface area contributed by atoms with Crippen molar-refractivity contribution in [2.75, 3.05) is 5.32 Å². The van der Waals surface area contributed by atoms with Crippen molar-refractivity contribution in [2.45, 2.75) is 12.6 Å². The fraction of sp³-hybridized carbons (Fsp3) is 0.111. The molecule has 0 bridgehead atoms. The third-order valence-electron chi connectivity index (χ3n) is 3.51. The van der Waals surface area contributed by atoms with Gasteiger partial charge in [-0.25, -0.2) is 4.98 Å². The summed E-state index contributed by atoms with van der Waals surface area (Å²) in [5.74, 6) is 0.173. The standard InChI is InChI=1S/C18H16N2O4/c21-11-13-10-14(22)17(23)18(24-13)16(12-6-2-1-3-7-12)20-15-8-4-5-9-19-15/h1-10,16,21,23H,11H2,(H,19,20). The van der Waals surface area contributed by atoms with E-state index in [0.717, 1.165) is 11.6 Å². The molecule has 2 heterocycles. The number of aliphatic hydroxyl groups excluding tert-OH is 1. The van der Waals surface area contributed by atoms with Crippen LogP contribution < -0.4 is 10.7 Å². The van der Waals surface area contributed by atoms with Gasteiger partial charge in [0.05, 0.1) is 0 Å². The van der Waals surface area contributed by atoms with Crippen molar-refractivity contribution in [2.24, 2.45) is 0 Å². The van der Waals surface area contributed by atoms with E-state index in [-0.39, 0.29) is 11.5 Å². The largest absolute Gasteiger partial charge is 0.502 e. The van der Waals surface area contributed by atoms with Crippen LogP contribution in [0.5, 0.6) is 5.75 Å². The van der Waals surface area contributed by atoms with Crippen molar-refractivity contribution in [3.8, 4) is 5.75 Å². The maximum Gasteiger partial charge on any atom is 0.227 e. The molecule has 6 heteroatoms. The van der Waals surface area contributed by atoms with E-state index in [0.29, 0.717) is 5.82 Å². The summed E-state index contributed by atoms with van der Waals surface area (Å²) < 4.78 is 5.54. The first kappa shape index (κ1) is 15.8. The van der Waals surface area contributed by atoms with Gasteiger partial charge in [0.15, 0.2) is 5.76 Å². The Morgan fingerprint density at radius 1 is 1.12 bits per heavy atom. The number of aliphatic hydroxyl groups is 1. The van der Waals surface area contributed by atoms with Gasteiger partial charge in [0.25, 0.3) is 0 Å². The molecule has 1 aromatic carbocycles. The van der Waals surface area contributed by atoms with Gasteiger partial charge < -0.3 is 19.9 Å². The number of pyridine rings is 1. The number of benzene rings is 1. The molecule has 0 amide bonds. The molecule has 0 aliphatic rings. The van der Waals surface area contributed by atoms with Crippen LogP contribution in [0.15, 0.2) is 70.0 Å². The van der Waals surface area contributed by atoms with Crippen LogP contribution >= 0.6 is 0 Å². The number of aromatic hydroxyl groups is 1. The van der Waals surface area contributed by atoms with E-state index < -0.39 is 23.8 Å². The average Bonchev–Trinajstić information content (AvgIpc) is 2.64. The number of anilines is 1. The summed E-state index contributed by atoms with van der Waals surface area (Å²) in [6.07, 6.45) is 1.63. The Labute approximate surface area is 138 Å².